The molecule has 2 heterocycles. The van der Waals surface area contributed by atoms with Gasteiger partial charge in [-0.3, -0.25) is 9.59 Å². The Bertz CT molecular complexity index is 863. The molecular formula is C17H15N3O2. The van der Waals surface area contributed by atoms with Gasteiger partial charge in [0.2, 0.25) is 0 Å². The summed E-state index contributed by atoms with van der Waals surface area (Å²) in [5.74, 6) is -0.900. The Morgan fingerprint density at radius 3 is 2.59 bits per heavy atom. The van der Waals surface area contributed by atoms with Crippen LogP contribution in [-0.2, 0) is 4.79 Å². The third kappa shape index (κ3) is 2.48. The number of aryl methyl sites for hydroxylation is 2. The second-order valence-electron chi connectivity index (χ2n) is 5.17. The summed E-state index contributed by atoms with van der Waals surface area (Å²) in [7, 11) is 0. The van der Waals surface area contributed by atoms with Crippen molar-refractivity contribution >= 4 is 28.4 Å². The first-order valence-electron chi connectivity index (χ1n) is 6.92. The molecule has 110 valence electrons. The Kier molecular flexibility index (Phi) is 3.47. The van der Waals surface area contributed by atoms with Gasteiger partial charge in [-0.1, -0.05) is 24.3 Å². The highest BCUT2D eigenvalue weighted by molar-refractivity contribution is 6.48. The molecule has 0 saturated heterocycles. The lowest BCUT2D eigenvalue weighted by atomic mass is 10.1. The number of nitrogens with zero attached hydrogens (tertiary/aromatic N) is 1. The smallest absolute Gasteiger partial charge is 0.298 e. The molecule has 1 amide bonds. The summed E-state index contributed by atoms with van der Waals surface area (Å²) in [5.41, 5.74) is 2.90. The summed E-state index contributed by atoms with van der Waals surface area (Å²) in [5, 5.41) is 3.28. The second-order valence-corrected chi connectivity index (χ2v) is 5.17. The fraction of sp³-hybridized carbons (Fsp3) is 0.118. The number of anilines is 1. The lowest BCUT2D eigenvalue weighted by Gasteiger charge is -2.04. The zero-order valence-electron chi connectivity index (χ0n) is 12.3. The van der Waals surface area contributed by atoms with Crippen LogP contribution < -0.4 is 5.32 Å². The summed E-state index contributed by atoms with van der Waals surface area (Å²) < 4.78 is 0. The molecular weight excluding hydrogens is 278 g/mol. The van der Waals surface area contributed by atoms with E-state index in [1.165, 1.54) is 0 Å². The van der Waals surface area contributed by atoms with Crippen molar-refractivity contribution in [2.24, 2.45) is 0 Å². The van der Waals surface area contributed by atoms with E-state index in [0.29, 0.717) is 17.1 Å². The van der Waals surface area contributed by atoms with Crippen LogP contribution in [0.3, 0.4) is 0 Å². The normalized spacial score (nSPS) is 10.6. The zero-order valence-corrected chi connectivity index (χ0v) is 12.3. The Labute approximate surface area is 127 Å². The van der Waals surface area contributed by atoms with Crippen molar-refractivity contribution in [2.75, 3.05) is 5.32 Å². The number of rotatable bonds is 3. The molecule has 0 bridgehead atoms. The van der Waals surface area contributed by atoms with E-state index in [0.717, 1.165) is 16.5 Å². The highest BCUT2D eigenvalue weighted by Crippen LogP contribution is 2.22. The van der Waals surface area contributed by atoms with Crippen LogP contribution in [0.25, 0.3) is 10.9 Å². The molecule has 2 aromatic heterocycles. The van der Waals surface area contributed by atoms with Crippen LogP contribution in [0, 0.1) is 13.8 Å². The number of nitrogens with one attached hydrogen (secondary N) is 2. The minimum atomic E-state index is -0.691. The van der Waals surface area contributed by atoms with Crippen LogP contribution in [0.4, 0.5) is 5.82 Å². The molecule has 5 nitrogen and oxygen atoms in total. The Balaban J connectivity index is 1.90. The number of H-pyrrole nitrogens is 1. The van der Waals surface area contributed by atoms with E-state index < -0.39 is 11.7 Å². The number of carbonyl (C=O) groups excluding carboxylic acids is 2. The standard InChI is InChI=1S/C17H15N3O2/c1-10-7-8-14(18-9-10)20-17(22)16(21)15-11(2)19-13-6-4-3-5-12(13)15/h3-9,19H,1-2H3,(H,18,20,22). The second kappa shape index (κ2) is 5.44. The van der Waals surface area contributed by atoms with Crippen LogP contribution >= 0.6 is 0 Å². The number of aromatic amines is 1. The molecule has 1 aromatic carbocycles. The third-order valence-corrected chi connectivity index (χ3v) is 3.48. The van der Waals surface area contributed by atoms with Gasteiger partial charge in [0.1, 0.15) is 5.82 Å². The molecule has 3 rings (SSSR count). The van der Waals surface area contributed by atoms with E-state index in [2.05, 4.69) is 15.3 Å². The summed E-state index contributed by atoms with van der Waals surface area (Å²) in [6.45, 7) is 3.68. The summed E-state index contributed by atoms with van der Waals surface area (Å²) in [4.78, 5) is 31.8. The predicted molar refractivity (Wildman–Crippen MR) is 85.0 cm³/mol. The Morgan fingerprint density at radius 2 is 1.86 bits per heavy atom. The topological polar surface area (TPSA) is 74.8 Å². The molecule has 0 unspecified atom stereocenters. The number of hydrogen-bond acceptors (Lipinski definition) is 3. The molecule has 5 heteroatoms. The summed E-state index contributed by atoms with van der Waals surface area (Å²) >= 11 is 0. The number of hydrogen-bond donors (Lipinski definition) is 2. The molecule has 0 atom stereocenters. The van der Waals surface area contributed by atoms with Crippen LogP contribution in [-0.4, -0.2) is 21.7 Å². The average Bonchev–Trinajstić information content (AvgIpc) is 2.84. The number of para-hydroxylation sites is 1. The van der Waals surface area contributed by atoms with Gasteiger partial charge in [-0.2, -0.15) is 0 Å². The van der Waals surface area contributed by atoms with Crippen LogP contribution in [0.15, 0.2) is 42.6 Å². The number of ketones is 1. The van der Waals surface area contributed by atoms with E-state index in [-0.39, 0.29) is 0 Å². The first-order valence-corrected chi connectivity index (χ1v) is 6.92. The molecule has 0 aliphatic heterocycles. The minimum absolute atomic E-state index is 0.362. The van der Waals surface area contributed by atoms with Crippen LogP contribution in [0.2, 0.25) is 0 Å². The SMILES string of the molecule is Cc1ccc(NC(=O)C(=O)c2c(C)[nH]c3ccccc23)nc1. The van der Waals surface area contributed by atoms with Crippen molar-refractivity contribution in [2.45, 2.75) is 13.8 Å². The van der Waals surface area contributed by atoms with E-state index in [9.17, 15) is 9.59 Å². The molecule has 0 spiro atoms. The number of pyridine rings is 1. The number of Topliss-reactive ketones (excluding diaryl/α,β-unsaturated/α-hetero) is 1. The minimum Gasteiger partial charge on any atom is -0.358 e. The van der Waals surface area contributed by atoms with Gasteiger partial charge in [0, 0.05) is 22.8 Å². The molecule has 22 heavy (non-hydrogen) atoms. The van der Waals surface area contributed by atoms with E-state index >= 15 is 0 Å². The average molecular weight is 293 g/mol. The van der Waals surface area contributed by atoms with Gasteiger partial charge in [0.25, 0.3) is 11.7 Å². The first-order chi connectivity index (χ1) is 10.6. The molecule has 3 aromatic rings. The van der Waals surface area contributed by atoms with E-state index in [4.69, 9.17) is 0 Å². The van der Waals surface area contributed by atoms with Gasteiger partial charge in [0.05, 0.1) is 5.56 Å². The number of fused-ring (bicyclic) bond motifs is 1. The van der Waals surface area contributed by atoms with Crippen molar-refractivity contribution in [3.63, 3.8) is 0 Å². The van der Waals surface area contributed by atoms with Gasteiger partial charge in [-0.25, -0.2) is 4.98 Å². The molecule has 0 radical (unpaired) electrons. The maximum Gasteiger partial charge on any atom is 0.298 e. The zero-order chi connectivity index (χ0) is 15.7. The van der Waals surface area contributed by atoms with Crippen LogP contribution in [0.5, 0.6) is 0 Å². The Morgan fingerprint density at radius 1 is 1.09 bits per heavy atom. The fourth-order valence-corrected chi connectivity index (χ4v) is 2.40. The van der Waals surface area contributed by atoms with Crippen molar-refractivity contribution in [3.8, 4) is 0 Å². The lowest BCUT2D eigenvalue weighted by molar-refractivity contribution is -0.112. The van der Waals surface area contributed by atoms with E-state index in [1.54, 1.807) is 19.2 Å². The quantitative estimate of drug-likeness (QED) is 0.576. The molecule has 0 aliphatic carbocycles. The third-order valence-electron chi connectivity index (χ3n) is 3.48. The predicted octanol–water partition coefficient (Wildman–Crippen LogP) is 3.00. The highest BCUT2D eigenvalue weighted by atomic mass is 16.2. The van der Waals surface area contributed by atoms with E-state index in [1.807, 2.05) is 37.3 Å². The van der Waals surface area contributed by atoms with Crippen molar-refractivity contribution in [1.82, 2.24) is 9.97 Å². The highest BCUT2D eigenvalue weighted by Gasteiger charge is 2.22. The number of amides is 1. The van der Waals surface area contributed by atoms with Gasteiger partial charge in [-0.05, 0) is 31.5 Å². The maximum atomic E-state index is 12.5. The van der Waals surface area contributed by atoms with Gasteiger partial charge >= 0.3 is 0 Å². The molecule has 2 N–H and O–H groups in total. The number of carbonyl (C=O) groups is 2. The first kappa shape index (κ1) is 14.0. The fourth-order valence-electron chi connectivity index (χ4n) is 2.40. The van der Waals surface area contributed by atoms with Gasteiger partial charge in [-0.15, -0.1) is 0 Å². The number of aromatic nitrogens is 2. The molecule has 0 fully saturated rings. The van der Waals surface area contributed by atoms with Gasteiger partial charge < -0.3 is 10.3 Å². The van der Waals surface area contributed by atoms with Crippen LogP contribution in [0.1, 0.15) is 21.6 Å². The lowest BCUT2D eigenvalue weighted by Crippen LogP contribution is -2.23. The molecule has 0 aliphatic rings. The monoisotopic (exact) mass is 293 g/mol. The maximum absolute atomic E-state index is 12.5. The van der Waals surface area contributed by atoms with Crippen molar-refractivity contribution in [1.29, 1.82) is 0 Å². The number of benzene rings is 1. The van der Waals surface area contributed by atoms with Crippen molar-refractivity contribution in [3.05, 3.63) is 59.4 Å². The van der Waals surface area contributed by atoms with Crippen molar-refractivity contribution < 1.29 is 9.59 Å². The summed E-state index contributed by atoms with van der Waals surface area (Å²) in [6, 6.07) is 10.9. The Hall–Kier alpha value is -2.95. The summed E-state index contributed by atoms with van der Waals surface area (Å²) in [6.07, 6.45) is 1.64. The molecule has 0 saturated carbocycles. The van der Waals surface area contributed by atoms with Gasteiger partial charge in [0.15, 0.2) is 0 Å². The largest absolute Gasteiger partial charge is 0.358 e.